The number of hydrogen-bond acceptors (Lipinski definition) is 7. The van der Waals surface area contributed by atoms with Crippen molar-refractivity contribution < 1.29 is 23.4 Å². The molecule has 3 aliphatic rings. The maximum absolute atomic E-state index is 17.2. The summed E-state index contributed by atoms with van der Waals surface area (Å²) in [6.07, 6.45) is 1.80. The van der Waals surface area contributed by atoms with Gasteiger partial charge in [-0.15, -0.1) is 5.54 Å². The van der Waals surface area contributed by atoms with Gasteiger partial charge in [-0.05, 0) is 54.1 Å². The zero-order chi connectivity index (χ0) is 35.8. The fourth-order valence-corrected chi connectivity index (χ4v) is 14.8. The first-order chi connectivity index (χ1) is 23.8. The number of carboxylic acid groups (broad SMARTS) is 1. The molecule has 5 heterocycles. The van der Waals surface area contributed by atoms with Crippen molar-refractivity contribution in [1.29, 1.82) is 0 Å². The third kappa shape index (κ3) is 5.14. The molecule has 4 unspecified atom stereocenters. The van der Waals surface area contributed by atoms with Crippen molar-refractivity contribution in [2.24, 2.45) is 0 Å². The van der Waals surface area contributed by atoms with Crippen molar-refractivity contribution in [1.82, 2.24) is 19.9 Å². The summed E-state index contributed by atoms with van der Waals surface area (Å²) in [5, 5.41) is 12.1. The molecule has 12 heteroatoms. The fourth-order valence-electron chi connectivity index (χ4n) is 9.26. The van der Waals surface area contributed by atoms with Gasteiger partial charge in [-0.1, -0.05) is 83.5 Å². The lowest BCUT2D eigenvalue weighted by molar-refractivity contribution is 0.0707. The summed E-state index contributed by atoms with van der Waals surface area (Å²) in [4.78, 5) is 30.4. The van der Waals surface area contributed by atoms with Crippen LogP contribution in [0.1, 0.15) is 66.9 Å². The van der Waals surface area contributed by atoms with Gasteiger partial charge in [-0.3, -0.25) is 4.90 Å². The van der Waals surface area contributed by atoms with Crippen LogP contribution in [0.4, 0.5) is 19.4 Å². The molecule has 4 atom stereocenters. The van der Waals surface area contributed by atoms with Crippen molar-refractivity contribution in [3.05, 3.63) is 47.5 Å². The molecule has 2 aromatic carbocycles. The lowest BCUT2D eigenvalue weighted by Crippen LogP contribution is -2.64. The highest BCUT2D eigenvalue weighted by Gasteiger charge is 2.53. The van der Waals surface area contributed by atoms with Crippen LogP contribution >= 0.6 is 11.8 Å². The molecule has 7 rings (SSSR count). The summed E-state index contributed by atoms with van der Waals surface area (Å²) >= 11 is 1.30. The second-order valence-electron chi connectivity index (χ2n) is 14.8. The van der Waals surface area contributed by atoms with E-state index in [1.165, 1.54) is 17.8 Å². The normalized spacial score (nSPS) is 21.5. The number of fused-ring (bicyclic) bond motifs is 6. The van der Waals surface area contributed by atoms with E-state index < -0.39 is 31.9 Å². The quantitative estimate of drug-likeness (QED) is 0.0949. The van der Waals surface area contributed by atoms with Gasteiger partial charge < -0.3 is 14.7 Å². The summed E-state index contributed by atoms with van der Waals surface area (Å²) in [6, 6.07) is 7.67. The first-order valence-corrected chi connectivity index (χ1v) is 20.9. The Labute approximate surface area is 297 Å². The highest BCUT2D eigenvalue weighted by molar-refractivity contribution is 7.98. The predicted molar refractivity (Wildman–Crippen MR) is 198 cm³/mol. The van der Waals surface area contributed by atoms with Crippen molar-refractivity contribution in [2.45, 2.75) is 107 Å². The first kappa shape index (κ1) is 34.5. The van der Waals surface area contributed by atoms with E-state index in [1.54, 1.807) is 17.0 Å². The van der Waals surface area contributed by atoms with Gasteiger partial charge in [-0.25, -0.2) is 28.5 Å². The molecule has 2 bridgehead atoms. The molecule has 0 saturated carbocycles. The minimum atomic E-state index is -2.24. The van der Waals surface area contributed by atoms with Crippen molar-refractivity contribution in [3.63, 3.8) is 0 Å². The minimum absolute atomic E-state index is 0.00991. The van der Waals surface area contributed by atoms with Crippen LogP contribution in [0.5, 0.6) is 5.88 Å². The second-order valence-corrected chi connectivity index (χ2v) is 21.1. The summed E-state index contributed by atoms with van der Waals surface area (Å²) < 4.78 is 39.8. The number of hydrogen-bond donors (Lipinski definition) is 1. The van der Waals surface area contributed by atoms with Crippen molar-refractivity contribution >= 4 is 53.4 Å². The summed E-state index contributed by atoms with van der Waals surface area (Å²) in [7, 11) is -2.24. The number of nitrogens with zero attached hydrogens (tertiary/aromatic N) is 5. The molecule has 262 valence electrons. The van der Waals surface area contributed by atoms with Crippen molar-refractivity contribution in [3.8, 4) is 28.6 Å². The van der Waals surface area contributed by atoms with E-state index in [0.29, 0.717) is 56.9 Å². The van der Waals surface area contributed by atoms with Crippen LogP contribution in [0.15, 0.2) is 35.5 Å². The third-order valence-corrected chi connectivity index (χ3v) is 18.2. The Morgan fingerprint density at radius 1 is 1.02 bits per heavy atom. The molecule has 0 spiro atoms. The average molecular weight is 716 g/mol. The van der Waals surface area contributed by atoms with Gasteiger partial charge in [0.05, 0.1) is 23.7 Å². The van der Waals surface area contributed by atoms with Crippen LogP contribution in [0.25, 0.3) is 32.9 Å². The van der Waals surface area contributed by atoms with Gasteiger partial charge in [0.25, 0.3) is 0 Å². The molecule has 1 N–H and O–H groups in total. The van der Waals surface area contributed by atoms with E-state index >= 15 is 8.78 Å². The molecular formula is C38H43F2N5O3SSi. The smallest absolute Gasteiger partial charge is 0.407 e. The van der Waals surface area contributed by atoms with Gasteiger partial charge in [0.15, 0.2) is 11.0 Å². The minimum Gasteiger partial charge on any atom is -0.472 e. The maximum Gasteiger partial charge on any atom is 0.407 e. The number of benzene rings is 2. The van der Waals surface area contributed by atoms with Gasteiger partial charge in [0, 0.05) is 17.5 Å². The van der Waals surface area contributed by atoms with E-state index in [2.05, 4.69) is 62.9 Å². The van der Waals surface area contributed by atoms with Gasteiger partial charge in [0.2, 0.25) is 5.88 Å². The van der Waals surface area contributed by atoms with Crippen LogP contribution in [-0.4, -0.2) is 76.2 Å². The Balaban J connectivity index is 1.48. The Bertz CT molecular complexity index is 2080. The molecule has 3 aliphatic heterocycles. The summed E-state index contributed by atoms with van der Waals surface area (Å²) in [6.45, 7) is 15.6. The highest BCUT2D eigenvalue weighted by atomic mass is 32.2. The van der Waals surface area contributed by atoms with E-state index in [0.717, 1.165) is 11.8 Å². The van der Waals surface area contributed by atoms with Gasteiger partial charge in [-0.2, -0.15) is 0 Å². The second kappa shape index (κ2) is 12.7. The summed E-state index contributed by atoms with van der Waals surface area (Å²) in [5.41, 5.74) is 5.38. The van der Waals surface area contributed by atoms with E-state index in [1.807, 2.05) is 25.3 Å². The van der Waals surface area contributed by atoms with Gasteiger partial charge >= 0.3 is 6.09 Å². The van der Waals surface area contributed by atoms with E-state index in [4.69, 9.17) is 14.7 Å². The zero-order valence-electron chi connectivity index (χ0n) is 29.7. The molecular weight excluding hydrogens is 673 g/mol. The number of halogens is 2. The molecule has 2 saturated heterocycles. The predicted octanol–water partition coefficient (Wildman–Crippen LogP) is 8.90. The SMILES string of the molecule is CSc1nc2c3c(nc(-c4cccc5ccc(F)c(C#C[Si](C(C)C)(C(C)C)C(C)C)c45)c(F)c3n1)OC(C)C1C3CCC(CN21)N3C(=O)O. The van der Waals surface area contributed by atoms with Crippen LogP contribution in [0.3, 0.4) is 0 Å². The van der Waals surface area contributed by atoms with Crippen LogP contribution in [0, 0.1) is 23.1 Å². The van der Waals surface area contributed by atoms with Crippen LogP contribution in [-0.2, 0) is 0 Å². The highest BCUT2D eigenvalue weighted by Crippen LogP contribution is 2.47. The standard InChI is InChI=1S/C38H43F2N5O3SSi/c1-19(2)50(20(3)4,21(5)6)17-16-25-27(39)14-12-23-10-9-11-26(29(23)25)32-31(40)33-30-35(43-37(42-33)49-8)44-18-24-13-15-28(45(24)38(46)47)34(44)22(7)48-36(30)41-32/h9-12,14,19-22,24,28,34H,13,15,18H2,1-8H3,(H,46,47). The molecule has 0 radical (unpaired) electrons. The maximum atomic E-state index is 17.2. The van der Waals surface area contributed by atoms with Crippen molar-refractivity contribution in [2.75, 3.05) is 17.7 Å². The molecule has 4 aromatic rings. The molecule has 1 amide bonds. The van der Waals surface area contributed by atoms with E-state index in [-0.39, 0.29) is 40.8 Å². The van der Waals surface area contributed by atoms with Gasteiger partial charge in [0.1, 0.15) is 42.4 Å². The van der Waals surface area contributed by atoms with E-state index in [9.17, 15) is 9.90 Å². The number of amides is 1. The number of thioether (sulfide) groups is 1. The number of carbonyl (C=O) groups is 1. The zero-order valence-corrected chi connectivity index (χ0v) is 31.5. The number of piperazine rings is 1. The van der Waals surface area contributed by atoms with Crippen LogP contribution < -0.4 is 9.64 Å². The monoisotopic (exact) mass is 715 g/mol. The number of aromatic nitrogens is 3. The third-order valence-electron chi connectivity index (χ3n) is 11.4. The molecule has 8 nitrogen and oxygen atoms in total. The summed E-state index contributed by atoms with van der Waals surface area (Å²) in [5.74, 6) is 2.87. The number of anilines is 1. The Morgan fingerprint density at radius 2 is 1.74 bits per heavy atom. The molecule has 50 heavy (non-hydrogen) atoms. The number of rotatable bonds is 5. The topological polar surface area (TPSA) is 91.7 Å². The largest absolute Gasteiger partial charge is 0.472 e. The lowest BCUT2D eigenvalue weighted by atomic mass is 9.96. The average Bonchev–Trinajstić information content (AvgIpc) is 3.32. The fraction of sp³-hybridized carbons (Fsp3) is 0.474. The Morgan fingerprint density at radius 3 is 2.40 bits per heavy atom. The first-order valence-electron chi connectivity index (χ1n) is 17.4. The Kier molecular flexibility index (Phi) is 8.74. The molecule has 2 aromatic heterocycles. The lowest BCUT2D eigenvalue weighted by Gasteiger charge is -2.47. The molecule has 2 fully saturated rings. The van der Waals surface area contributed by atoms with Crippen LogP contribution in [0.2, 0.25) is 16.6 Å². The number of pyridine rings is 1. The molecule has 0 aliphatic carbocycles. The Hall–Kier alpha value is -3.95. The number of ether oxygens (including phenoxy) is 1.